The maximum atomic E-state index is 13.2. The van der Waals surface area contributed by atoms with E-state index in [1.807, 2.05) is 0 Å². The molecule has 0 fully saturated rings. The normalized spacial score (nSPS) is 12.4. The number of hydrogen-bond donors (Lipinski definition) is 1. The quantitative estimate of drug-likeness (QED) is 0.827. The summed E-state index contributed by atoms with van der Waals surface area (Å²) in [4.78, 5) is -0.294. The summed E-state index contributed by atoms with van der Waals surface area (Å²) in [6, 6.07) is 7.10. The van der Waals surface area contributed by atoms with Crippen LogP contribution in [0.25, 0.3) is 0 Å². The second kappa shape index (κ2) is 6.91. The zero-order valence-electron chi connectivity index (χ0n) is 13.6. The first-order valence-corrected chi connectivity index (χ1v) is 10.3. The minimum atomic E-state index is -4.07. The van der Waals surface area contributed by atoms with E-state index in [0.717, 1.165) is 22.5 Å². The van der Waals surface area contributed by atoms with E-state index in [2.05, 4.69) is 4.72 Å². The molecule has 25 heavy (non-hydrogen) atoms. The SMILES string of the molecule is Cc1ccc(S(=O)(=O)N(C)C)cc1NS(=O)(=O)c1ccc(F)c(Cl)c1. The lowest BCUT2D eigenvalue weighted by molar-refractivity contribution is 0.520. The standard InChI is InChI=1S/C15H16ClFN2O4S2/c1-10-4-5-12(25(22,23)19(2)3)9-15(10)18-24(20,21)11-6-7-14(17)13(16)8-11/h4-9,18H,1-3H3. The maximum absolute atomic E-state index is 13.2. The van der Waals surface area contributed by atoms with E-state index in [4.69, 9.17) is 11.6 Å². The smallest absolute Gasteiger partial charge is 0.261 e. The Bertz CT molecular complexity index is 1020. The highest BCUT2D eigenvalue weighted by atomic mass is 35.5. The highest BCUT2D eigenvalue weighted by molar-refractivity contribution is 7.92. The van der Waals surface area contributed by atoms with Crippen LogP contribution in [0, 0.1) is 12.7 Å². The van der Waals surface area contributed by atoms with Crippen LogP contribution in [0.4, 0.5) is 10.1 Å². The van der Waals surface area contributed by atoms with Gasteiger partial charge in [0, 0.05) is 14.1 Å². The van der Waals surface area contributed by atoms with Crippen molar-refractivity contribution in [2.24, 2.45) is 0 Å². The van der Waals surface area contributed by atoms with Crippen LogP contribution < -0.4 is 4.72 Å². The molecule has 0 radical (unpaired) electrons. The van der Waals surface area contributed by atoms with Crippen LogP contribution in [0.3, 0.4) is 0 Å². The first-order valence-electron chi connectivity index (χ1n) is 6.96. The number of anilines is 1. The van der Waals surface area contributed by atoms with Crippen LogP contribution in [-0.4, -0.2) is 35.2 Å². The van der Waals surface area contributed by atoms with E-state index in [9.17, 15) is 21.2 Å². The van der Waals surface area contributed by atoms with Gasteiger partial charge in [0.1, 0.15) is 5.82 Å². The third-order valence-corrected chi connectivity index (χ3v) is 6.90. The Morgan fingerprint density at radius 3 is 2.16 bits per heavy atom. The van der Waals surface area contributed by atoms with Gasteiger partial charge < -0.3 is 0 Å². The maximum Gasteiger partial charge on any atom is 0.261 e. The number of benzene rings is 2. The monoisotopic (exact) mass is 406 g/mol. The van der Waals surface area contributed by atoms with Gasteiger partial charge in [-0.2, -0.15) is 0 Å². The van der Waals surface area contributed by atoms with Crippen LogP contribution in [-0.2, 0) is 20.0 Å². The number of halogens is 2. The zero-order chi connectivity index (χ0) is 19.0. The van der Waals surface area contributed by atoms with Crippen molar-refractivity contribution < 1.29 is 21.2 Å². The molecule has 136 valence electrons. The van der Waals surface area contributed by atoms with Crippen molar-refractivity contribution in [1.29, 1.82) is 0 Å². The summed E-state index contributed by atoms with van der Waals surface area (Å²) in [5.74, 6) is -0.740. The molecule has 2 aromatic carbocycles. The Kier molecular flexibility index (Phi) is 5.43. The van der Waals surface area contributed by atoms with Crippen molar-refractivity contribution in [3.63, 3.8) is 0 Å². The number of rotatable bonds is 5. The highest BCUT2D eigenvalue weighted by Crippen LogP contribution is 2.26. The van der Waals surface area contributed by atoms with Crippen molar-refractivity contribution >= 4 is 37.3 Å². The number of nitrogens with one attached hydrogen (secondary N) is 1. The van der Waals surface area contributed by atoms with Crippen molar-refractivity contribution in [2.45, 2.75) is 16.7 Å². The topological polar surface area (TPSA) is 83.6 Å². The summed E-state index contributed by atoms with van der Waals surface area (Å²) in [5.41, 5.74) is 0.623. The van der Waals surface area contributed by atoms with Gasteiger partial charge in [0.15, 0.2) is 0 Å². The summed E-state index contributed by atoms with van der Waals surface area (Å²) in [7, 11) is -5.04. The van der Waals surface area contributed by atoms with E-state index >= 15 is 0 Å². The van der Waals surface area contributed by atoms with Crippen molar-refractivity contribution in [2.75, 3.05) is 18.8 Å². The Morgan fingerprint density at radius 1 is 1.00 bits per heavy atom. The molecule has 0 amide bonds. The van der Waals surface area contributed by atoms with Gasteiger partial charge in [0.2, 0.25) is 10.0 Å². The lowest BCUT2D eigenvalue weighted by Crippen LogP contribution is -2.22. The lowest BCUT2D eigenvalue weighted by Gasteiger charge is -2.15. The van der Waals surface area contributed by atoms with Gasteiger partial charge >= 0.3 is 0 Å². The molecule has 0 saturated heterocycles. The molecule has 0 aromatic heterocycles. The predicted octanol–water partition coefficient (Wildman–Crippen LogP) is 2.84. The summed E-state index contributed by atoms with van der Waals surface area (Å²) in [6.45, 7) is 1.63. The summed E-state index contributed by atoms with van der Waals surface area (Å²) in [5, 5.41) is -0.330. The number of sulfonamides is 2. The van der Waals surface area contributed by atoms with E-state index in [-0.39, 0.29) is 20.5 Å². The third-order valence-electron chi connectivity index (χ3n) is 3.43. The van der Waals surface area contributed by atoms with Crippen LogP contribution in [0.1, 0.15) is 5.56 Å². The molecule has 0 heterocycles. The van der Waals surface area contributed by atoms with Crippen LogP contribution in [0.5, 0.6) is 0 Å². The molecule has 6 nitrogen and oxygen atoms in total. The van der Waals surface area contributed by atoms with Gasteiger partial charge in [0.25, 0.3) is 10.0 Å². The zero-order valence-corrected chi connectivity index (χ0v) is 16.0. The van der Waals surface area contributed by atoms with Crippen LogP contribution in [0.2, 0.25) is 5.02 Å². The van der Waals surface area contributed by atoms with Crippen molar-refractivity contribution in [3.05, 3.63) is 52.8 Å². The van der Waals surface area contributed by atoms with Crippen LogP contribution in [0.15, 0.2) is 46.2 Å². The Labute approximate surface area is 151 Å². The van der Waals surface area contributed by atoms with E-state index in [0.29, 0.717) is 5.56 Å². The van der Waals surface area contributed by atoms with Crippen molar-refractivity contribution in [3.8, 4) is 0 Å². The first kappa shape index (κ1) is 19.6. The molecule has 0 aliphatic heterocycles. The van der Waals surface area contributed by atoms with E-state index in [1.54, 1.807) is 6.92 Å². The van der Waals surface area contributed by atoms with Gasteiger partial charge in [-0.1, -0.05) is 17.7 Å². The van der Waals surface area contributed by atoms with Gasteiger partial charge in [-0.15, -0.1) is 0 Å². The average Bonchev–Trinajstić information content (AvgIpc) is 2.51. The Morgan fingerprint density at radius 2 is 1.60 bits per heavy atom. The van der Waals surface area contributed by atoms with Crippen molar-refractivity contribution in [1.82, 2.24) is 4.31 Å². The molecule has 2 aromatic rings. The molecule has 1 N–H and O–H groups in total. The molecular formula is C15H16ClFN2O4S2. The second-order valence-corrected chi connectivity index (χ2v) is 9.69. The molecule has 2 rings (SSSR count). The minimum absolute atomic E-state index is 0.0575. The summed E-state index contributed by atoms with van der Waals surface area (Å²) in [6.07, 6.45) is 0. The van der Waals surface area contributed by atoms with Gasteiger partial charge in [0.05, 0.1) is 20.5 Å². The summed E-state index contributed by atoms with van der Waals surface area (Å²) >= 11 is 5.62. The second-order valence-electron chi connectivity index (χ2n) is 5.45. The largest absolute Gasteiger partial charge is 0.279 e. The first-order chi connectivity index (χ1) is 11.4. The Balaban J connectivity index is 2.47. The molecule has 0 aliphatic rings. The van der Waals surface area contributed by atoms with Gasteiger partial charge in [-0.05, 0) is 42.8 Å². The minimum Gasteiger partial charge on any atom is -0.279 e. The molecule has 0 atom stereocenters. The summed E-state index contributed by atoms with van der Waals surface area (Å²) < 4.78 is 65.9. The fraction of sp³-hybridized carbons (Fsp3) is 0.200. The highest BCUT2D eigenvalue weighted by Gasteiger charge is 2.21. The number of nitrogens with zero attached hydrogens (tertiary/aromatic N) is 1. The number of hydrogen-bond acceptors (Lipinski definition) is 4. The molecular weight excluding hydrogens is 391 g/mol. The van der Waals surface area contributed by atoms with E-state index in [1.165, 1.54) is 32.3 Å². The fourth-order valence-corrected chi connectivity index (χ4v) is 4.25. The molecule has 0 unspecified atom stereocenters. The molecule has 0 spiro atoms. The molecule has 0 saturated carbocycles. The van der Waals surface area contributed by atoms with Crippen LogP contribution >= 0.6 is 11.6 Å². The Hall–Kier alpha value is -1.68. The average molecular weight is 407 g/mol. The van der Waals surface area contributed by atoms with E-state index < -0.39 is 25.9 Å². The molecule has 0 bridgehead atoms. The fourth-order valence-electron chi connectivity index (χ4n) is 1.93. The molecule has 0 aliphatic carbocycles. The van der Waals surface area contributed by atoms with Gasteiger partial charge in [-0.3, -0.25) is 4.72 Å². The third kappa shape index (κ3) is 4.12. The van der Waals surface area contributed by atoms with Gasteiger partial charge in [-0.25, -0.2) is 25.5 Å². The molecule has 10 heteroatoms. The predicted molar refractivity (Wildman–Crippen MR) is 94.3 cm³/mol. The lowest BCUT2D eigenvalue weighted by atomic mass is 10.2. The number of aryl methyl sites for hydroxylation is 1.